The topological polar surface area (TPSA) is 104 Å². The summed E-state index contributed by atoms with van der Waals surface area (Å²) in [4.78, 5) is 20.1. The SMILES string of the molecule is C/N=C(C)\C=C(/O)C(Nc1cc(CCO)cc(OC)c1)C(=O)N1CCCCC1c1ccc2c(c1)OCC2. The van der Waals surface area contributed by atoms with Crippen LogP contribution >= 0.6 is 0 Å². The van der Waals surface area contributed by atoms with Crippen molar-refractivity contribution in [2.75, 3.05) is 39.2 Å². The van der Waals surface area contributed by atoms with Gasteiger partial charge in [0.05, 0.1) is 19.8 Å². The Labute approximate surface area is 218 Å². The van der Waals surface area contributed by atoms with E-state index in [0.29, 0.717) is 36.7 Å². The molecule has 0 radical (unpaired) electrons. The number of hydrogen-bond acceptors (Lipinski definition) is 7. The first-order valence-corrected chi connectivity index (χ1v) is 12.9. The standard InChI is InChI=1S/C29H37N3O5/c1-19(30-2)14-26(34)28(31-23-15-20(9-12-33)16-24(18-23)36-3)29(35)32-11-5-4-6-25(32)22-8-7-21-10-13-37-27(21)17-22/h7-8,14-18,25,28,31,33-34H,4-6,9-13H2,1-3H3/b26-14-,30-19-. The Balaban J connectivity index is 1.68. The van der Waals surface area contributed by atoms with E-state index in [4.69, 9.17) is 9.47 Å². The van der Waals surface area contributed by atoms with Gasteiger partial charge in [0.2, 0.25) is 0 Å². The molecule has 3 N–H and O–H groups in total. The first-order chi connectivity index (χ1) is 17.9. The van der Waals surface area contributed by atoms with E-state index in [1.54, 1.807) is 27.1 Å². The summed E-state index contributed by atoms with van der Waals surface area (Å²) in [5.74, 6) is 1.18. The number of benzene rings is 2. The van der Waals surface area contributed by atoms with Crippen LogP contribution in [0.1, 0.15) is 48.9 Å². The van der Waals surface area contributed by atoms with Gasteiger partial charge in [0.25, 0.3) is 5.91 Å². The predicted octanol–water partition coefficient (Wildman–Crippen LogP) is 4.23. The number of aliphatic hydroxyl groups excluding tert-OH is 2. The number of nitrogens with one attached hydrogen (secondary N) is 1. The number of rotatable bonds is 9. The zero-order valence-electron chi connectivity index (χ0n) is 21.9. The van der Waals surface area contributed by atoms with Gasteiger partial charge in [-0.25, -0.2) is 0 Å². The van der Waals surface area contributed by atoms with Crippen molar-refractivity contribution in [3.05, 3.63) is 64.9 Å². The van der Waals surface area contributed by atoms with Crippen molar-refractivity contribution in [3.63, 3.8) is 0 Å². The van der Waals surface area contributed by atoms with Crippen molar-refractivity contribution in [1.29, 1.82) is 0 Å². The summed E-state index contributed by atoms with van der Waals surface area (Å²) in [5.41, 5.74) is 4.33. The smallest absolute Gasteiger partial charge is 0.253 e. The summed E-state index contributed by atoms with van der Waals surface area (Å²) < 4.78 is 11.2. The third kappa shape index (κ3) is 6.25. The Morgan fingerprint density at radius 1 is 1.30 bits per heavy atom. The second-order valence-corrected chi connectivity index (χ2v) is 9.56. The van der Waals surface area contributed by atoms with Gasteiger partial charge < -0.3 is 29.9 Å². The van der Waals surface area contributed by atoms with Gasteiger partial charge in [0.1, 0.15) is 17.3 Å². The lowest BCUT2D eigenvalue weighted by atomic mass is 9.93. The van der Waals surface area contributed by atoms with E-state index in [1.165, 1.54) is 11.6 Å². The summed E-state index contributed by atoms with van der Waals surface area (Å²) >= 11 is 0. The quantitative estimate of drug-likeness (QED) is 0.347. The number of carbonyl (C=O) groups is 1. The molecule has 2 aromatic carbocycles. The summed E-state index contributed by atoms with van der Waals surface area (Å²) in [7, 11) is 3.21. The molecule has 0 bridgehead atoms. The van der Waals surface area contributed by atoms with Crippen LogP contribution in [0.5, 0.6) is 11.5 Å². The molecule has 2 aliphatic rings. The Morgan fingerprint density at radius 3 is 2.89 bits per heavy atom. The van der Waals surface area contributed by atoms with Crippen LogP contribution in [0.2, 0.25) is 0 Å². The fourth-order valence-corrected chi connectivity index (χ4v) is 5.02. The van der Waals surface area contributed by atoms with E-state index in [1.807, 2.05) is 17.0 Å². The number of piperidine rings is 1. The number of nitrogens with zero attached hydrogens (tertiary/aromatic N) is 2. The van der Waals surface area contributed by atoms with Gasteiger partial charge >= 0.3 is 0 Å². The Morgan fingerprint density at radius 2 is 2.14 bits per heavy atom. The first-order valence-electron chi connectivity index (χ1n) is 12.9. The molecule has 1 fully saturated rings. The zero-order valence-corrected chi connectivity index (χ0v) is 21.9. The maximum atomic E-state index is 14.1. The van der Waals surface area contributed by atoms with E-state index >= 15 is 0 Å². The molecule has 0 aromatic heterocycles. The van der Waals surface area contributed by atoms with Crippen LogP contribution in [0.3, 0.4) is 0 Å². The van der Waals surface area contributed by atoms with Gasteiger partial charge in [0.15, 0.2) is 6.04 Å². The van der Waals surface area contributed by atoms with Gasteiger partial charge in [-0.15, -0.1) is 0 Å². The van der Waals surface area contributed by atoms with Gasteiger partial charge in [-0.05, 0) is 73.6 Å². The van der Waals surface area contributed by atoms with Crippen LogP contribution in [0.25, 0.3) is 0 Å². The summed E-state index contributed by atoms with van der Waals surface area (Å²) in [6.45, 7) is 3.05. The van der Waals surface area contributed by atoms with Gasteiger partial charge in [-0.1, -0.05) is 12.1 Å². The molecule has 37 heavy (non-hydrogen) atoms. The van der Waals surface area contributed by atoms with Crippen LogP contribution in [0.4, 0.5) is 5.69 Å². The normalized spacial score (nSPS) is 18.7. The van der Waals surface area contributed by atoms with Crippen molar-refractivity contribution in [2.24, 2.45) is 4.99 Å². The van der Waals surface area contributed by atoms with Gasteiger partial charge in [0, 0.05) is 44.1 Å². The number of ether oxygens (including phenoxy) is 2. The second-order valence-electron chi connectivity index (χ2n) is 9.56. The van der Waals surface area contributed by atoms with E-state index in [2.05, 4.69) is 28.5 Å². The maximum absolute atomic E-state index is 14.1. The number of aliphatic imine (C=N–C) groups is 1. The molecule has 8 nitrogen and oxygen atoms in total. The second kappa shape index (κ2) is 12.1. The number of carbonyl (C=O) groups excluding carboxylic acids is 1. The lowest BCUT2D eigenvalue weighted by Gasteiger charge is -2.38. The molecule has 2 heterocycles. The Kier molecular flexibility index (Phi) is 8.71. The van der Waals surface area contributed by atoms with Crippen LogP contribution in [-0.2, 0) is 17.6 Å². The van der Waals surface area contributed by atoms with Crippen molar-refractivity contribution in [2.45, 2.75) is 51.1 Å². The average molecular weight is 508 g/mol. The molecule has 1 amide bonds. The third-order valence-electron chi connectivity index (χ3n) is 7.06. The molecular weight excluding hydrogens is 470 g/mol. The van der Waals surface area contributed by atoms with Gasteiger partial charge in [-0.2, -0.15) is 0 Å². The fourth-order valence-electron chi connectivity index (χ4n) is 5.02. The molecule has 2 aliphatic heterocycles. The summed E-state index contributed by atoms with van der Waals surface area (Å²) in [5, 5.41) is 23.8. The third-order valence-corrected chi connectivity index (χ3v) is 7.06. The number of amides is 1. The highest BCUT2D eigenvalue weighted by molar-refractivity contribution is 5.96. The zero-order chi connectivity index (χ0) is 26.4. The average Bonchev–Trinajstić information content (AvgIpc) is 3.39. The van der Waals surface area contributed by atoms with E-state index in [9.17, 15) is 15.0 Å². The number of hydrogen-bond donors (Lipinski definition) is 3. The number of allylic oxidation sites excluding steroid dienone is 1. The van der Waals surface area contributed by atoms with Crippen LogP contribution < -0.4 is 14.8 Å². The van der Waals surface area contributed by atoms with Crippen molar-refractivity contribution < 1.29 is 24.5 Å². The minimum absolute atomic E-state index is 0.00771. The maximum Gasteiger partial charge on any atom is 0.253 e. The molecular formula is C29H37N3O5. The van der Waals surface area contributed by atoms with Crippen molar-refractivity contribution >= 4 is 17.3 Å². The number of methoxy groups -OCH3 is 1. The van der Waals surface area contributed by atoms with E-state index in [-0.39, 0.29) is 24.3 Å². The molecule has 0 aliphatic carbocycles. The van der Waals surface area contributed by atoms with Crippen LogP contribution in [-0.4, -0.2) is 66.7 Å². The highest BCUT2D eigenvalue weighted by Crippen LogP contribution is 2.36. The molecule has 198 valence electrons. The summed E-state index contributed by atoms with van der Waals surface area (Å²) in [6.07, 6.45) is 5.64. The van der Waals surface area contributed by atoms with Crippen molar-refractivity contribution in [1.82, 2.24) is 4.90 Å². The number of likely N-dealkylation sites (tertiary alicyclic amines) is 1. The molecule has 1 saturated heterocycles. The highest BCUT2D eigenvalue weighted by Gasteiger charge is 2.35. The first kappa shape index (κ1) is 26.5. The summed E-state index contributed by atoms with van der Waals surface area (Å²) in [6, 6.07) is 10.6. The molecule has 0 spiro atoms. The van der Waals surface area contributed by atoms with Gasteiger partial charge in [-0.3, -0.25) is 9.79 Å². The Bertz CT molecular complexity index is 1180. The molecule has 2 atom stereocenters. The Hall–Kier alpha value is -3.52. The molecule has 4 rings (SSSR count). The highest BCUT2D eigenvalue weighted by atomic mass is 16.5. The molecule has 2 unspecified atom stereocenters. The lowest BCUT2D eigenvalue weighted by molar-refractivity contribution is -0.135. The minimum atomic E-state index is -1.02. The molecule has 8 heteroatoms. The predicted molar refractivity (Wildman–Crippen MR) is 145 cm³/mol. The number of fused-ring (bicyclic) bond motifs is 1. The largest absolute Gasteiger partial charge is 0.509 e. The monoisotopic (exact) mass is 507 g/mol. The van der Waals surface area contributed by atoms with Crippen molar-refractivity contribution in [3.8, 4) is 11.5 Å². The lowest BCUT2D eigenvalue weighted by Crippen LogP contribution is -2.47. The molecule has 2 aromatic rings. The fraction of sp³-hybridized carbons (Fsp3) is 0.448. The molecule has 0 saturated carbocycles. The number of aliphatic hydroxyl groups is 2. The van der Waals surface area contributed by atoms with E-state index in [0.717, 1.165) is 42.6 Å². The van der Waals surface area contributed by atoms with Crippen LogP contribution in [0, 0.1) is 0 Å². The van der Waals surface area contributed by atoms with E-state index < -0.39 is 6.04 Å². The van der Waals surface area contributed by atoms with Crippen LogP contribution in [0.15, 0.2) is 53.2 Å². The number of anilines is 1. The minimum Gasteiger partial charge on any atom is -0.509 e.